The van der Waals surface area contributed by atoms with Crippen LogP contribution in [0, 0.1) is 12.7 Å². The fourth-order valence-electron chi connectivity index (χ4n) is 1.94. The predicted molar refractivity (Wildman–Crippen MR) is 98.7 cm³/mol. The van der Waals surface area contributed by atoms with Gasteiger partial charge in [-0.3, -0.25) is 4.79 Å². The summed E-state index contributed by atoms with van der Waals surface area (Å²) in [6.45, 7) is 2.31. The highest BCUT2D eigenvalue weighted by atomic mass is 35.5. The molecule has 0 heterocycles. The lowest BCUT2D eigenvalue weighted by molar-refractivity contribution is -0.115. The summed E-state index contributed by atoms with van der Waals surface area (Å²) in [5, 5.41) is 9.49. The van der Waals surface area contributed by atoms with E-state index < -0.39 is 0 Å². The lowest BCUT2D eigenvalue weighted by Crippen LogP contribution is -2.39. The molecule has 0 aliphatic rings. The number of hydrogen-bond donors (Lipinski definition) is 3. The number of amides is 1. The van der Waals surface area contributed by atoms with Crippen molar-refractivity contribution in [2.75, 3.05) is 11.9 Å². The van der Waals surface area contributed by atoms with Gasteiger partial charge >= 0.3 is 0 Å². The van der Waals surface area contributed by atoms with Gasteiger partial charge in [0.1, 0.15) is 5.82 Å². The standard InChI is InChI=1S/C17H17ClFN3OS/c1-11-14(18)3-2-4-15(11)22-16(23)10-21-17(24)20-9-12-5-7-13(19)8-6-12/h2-8H,9-10H2,1H3,(H,22,23)(H2,20,21,24). The third-order valence-electron chi connectivity index (χ3n) is 3.32. The molecule has 24 heavy (non-hydrogen) atoms. The largest absolute Gasteiger partial charge is 0.359 e. The SMILES string of the molecule is Cc1c(Cl)cccc1NC(=O)CNC(=S)NCc1ccc(F)cc1. The van der Waals surface area contributed by atoms with Crippen molar-refractivity contribution in [2.24, 2.45) is 0 Å². The van der Waals surface area contributed by atoms with Crippen molar-refractivity contribution >= 4 is 40.5 Å². The minimum atomic E-state index is -0.285. The smallest absolute Gasteiger partial charge is 0.243 e. The van der Waals surface area contributed by atoms with Gasteiger partial charge in [0, 0.05) is 17.3 Å². The molecule has 0 saturated heterocycles. The molecule has 2 aromatic carbocycles. The highest BCUT2D eigenvalue weighted by Gasteiger charge is 2.07. The van der Waals surface area contributed by atoms with Crippen molar-refractivity contribution < 1.29 is 9.18 Å². The van der Waals surface area contributed by atoms with Crippen molar-refractivity contribution in [2.45, 2.75) is 13.5 Å². The van der Waals surface area contributed by atoms with Crippen LogP contribution in [-0.4, -0.2) is 17.6 Å². The molecule has 0 aliphatic carbocycles. The minimum Gasteiger partial charge on any atom is -0.359 e. The fraction of sp³-hybridized carbons (Fsp3) is 0.176. The number of carbonyl (C=O) groups excluding carboxylic acids is 1. The van der Waals surface area contributed by atoms with Gasteiger partial charge in [-0.05, 0) is 54.5 Å². The lowest BCUT2D eigenvalue weighted by Gasteiger charge is -2.12. The van der Waals surface area contributed by atoms with Crippen LogP contribution in [-0.2, 0) is 11.3 Å². The molecule has 0 bridgehead atoms. The molecule has 3 N–H and O–H groups in total. The van der Waals surface area contributed by atoms with Crippen LogP contribution < -0.4 is 16.0 Å². The van der Waals surface area contributed by atoms with Crippen LogP contribution in [0.25, 0.3) is 0 Å². The van der Waals surface area contributed by atoms with Gasteiger partial charge < -0.3 is 16.0 Å². The van der Waals surface area contributed by atoms with Crippen LogP contribution >= 0.6 is 23.8 Å². The third kappa shape index (κ3) is 5.47. The van der Waals surface area contributed by atoms with Gasteiger partial charge in [-0.25, -0.2) is 4.39 Å². The van der Waals surface area contributed by atoms with Crippen LogP contribution in [0.5, 0.6) is 0 Å². The molecule has 0 atom stereocenters. The summed E-state index contributed by atoms with van der Waals surface area (Å²) in [7, 11) is 0. The molecule has 1 amide bonds. The average Bonchev–Trinajstić information content (AvgIpc) is 2.56. The first-order chi connectivity index (χ1) is 11.5. The van der Waals surface area contributed by atoms with E-state index in [1.165, 1.54) is 12.1 Å². The Hall–Kier alpha value is -2.18. The number of halogens is 2. The summed E-state index contributed by atoms with van der Waals surface area (Å²) < 4.78 is 12.8. The molecule has 2 rings (SSSR count). The molecule has 0 unspecified atom stereocenters. The molecular formula is C17H17ClFN3OS. The van der Waals surface area contributed by atoms with Gasteiger partial charge in [-0.2, -0.15) is 0 Å². The molecular weight excluding hydrogens is 349 g/mol. The van der Waals surface area contributed by atoms with E-state index in [2.05, 4.69) is 16.0 Å². The van der Waals surface area contributed by atoms with Crippen LogP contribution in [0.15, 0.2) is 42.5 Å². The number of carbonyl (C=O) groups is 1. The Morgan fingerprint density at radius 3 is 2.58 bits per heavy atom. The van der Waals surface area contributed by atoms with Gasteiger partial charge in [0.25, 0.3) is 0 Å². The summed E-state index contributed by atoms with van der Waals surface area (Å²) in [5.41, 5.74) is 2.36. The predicted octanol–water partition coefficient (Wildman–Crippen LogP) is 3.39. The minimum absolute atomic E-state index is 0.0290. The van der Waals surface area contributed by atoms with Crippen LogP contribution in [0.4, 0.5) is 10.1 Å². The zero-order chi connectivity index (χ0) is 17.5. The van der Waals surface area contributed by atoms with Gasteiger partial charge in [-0.15, -0.1) is 0 Å². The molecule has 7 heteroatoms. The number of thiocarbonyl (C=S) groups is 1. The average molecular weight is 366 g/mol. The topological polar surface area (TPSA) is 53.2 Å². The monoisotopic (exact) mass is 365 g/mol. The van der Waals surface area contributed by atoms with Gasteiger partial charge in [-0.1, -0.05) is 29.8 Å². The molecule has 0 radical (unpaired) electrons. The zero-order valence-electron chi connectivity index (χ0n) is 13.0. The highest BCUT2D eigenvalue weighted by Crippen LogP contribution is 2.22. The summed E-state index contributed by atoms with van der Waals surface area (Å²) in [6, 6.07) is 11.4. The van der Waals surface area contributed by atoms with Crippen LogP contribution in [0.3, 0.4) is 0 Å². The first-order valence-electron chi connectivity index (χ1n) is 7.27. The first-order valence-corrected chi connectivity index (χ1v) is 8.05. The van der Waals surface area contributed by atoms with E-state index in [1.807, 2.05) is 6.92 Å². The van der Waals surface area contributed by atoms with Crippen LogP contribution in [0.1, 0.15) is 11.1 Å². The van der Waals surface area contributed by atoms with E-state index in [0.717, 1.165) is 11.1 Å². The summed E-state index contributed by atoms with van der Waals surface area (Å²) >= 11 is 11.1. The Morgan fingerprint density at radius 2 is 1.88 bits per heavy atom. The van der Waals surface area contributed by atoms with Gasteiger partial charge in [0.2, 0.25) is 5.91 Å². The Balaban J connectivity index is 1.75. The quantitative estimate of drug-likeness (QED) is 0.711. The van der Waals surface area contributed by atoms with E-state index in [1.54, 1.807) is 30.3 Å². The molecule has 0 aliphatic heterocycles. The molecule has 0 aromatic heterocycles. The van der Waals surface area contributed by atoms with Crippen molar-refractivity contribution in [3.63, 3.8) is 0 Å². The maximum absolute atomic E-state index is 12.8. The summed E-state index contributed by atoms with van der Waals surface area (Å²) in [5.74, 6) is -0.515. The Morgan fingerprint density at radius 1 is 1.17 bits per heavy atom. The maximum Gasteiger partial charge on any atom is 0.243 e. The van der Waals surface area contributed by atoms with E-state index in [9.17, 15) is 9.18 Å². The Kier molecular flexibility index (Phi) is 6.52. The highest BCUT2D eigenvalue weighted by molar-refractivity contribution is 7.80. The molecule has 2 aromatic rings. The maximum atomic E-state index is 12.8. The second-order valence-electron chi connectivity index (χ2n) is 5.12. The van der Waals surface area contributed by atoms with Gasteiger partial charge in [0.05, 0.1) is 6.54 Å². The van der Waals surface area contributed by atoms with Gasteiger partial charge in [0.15, 0.2) is 5.11 Å². The number of anilines is 1. The molecule has 0 spiro atoms. The lowest BCUT2D eigenvalue weighted by atomic mass is 10.2. The first kappa shape index (κ1) is 18.2. The van der Waals surface area contributed by atoms with Crippen molar-refractivity contribution in [1.29, 1.82) is 0 Å². The number of benzene rings is 2. The second kappa shape index (κ2) is 8.61. The van der Waals surface area contributed by atoms with E-state index >= 15 is 0 Å². The molecule has 4 nitrogen and oxygen atoms in total. The van der Waals surface area contributed by atoms with Crippen LogP contribution in [0.2, 0.25) is 5.02 Å². The number of hydrogen-bond acceptors (Lipinski definition) is 2. The van der Waals surface area contributed by atoms with E-state index in [-0.39, 0.29) is 18.3 Å². The van der Waals surface area contributed by atoms with Crippen molar-refractivity contribution in [3.05, 3.63) is 64.4 Å². The summed E-state index contributed by atoms with van der Waals surface area (Å²) in [6.07, 6.45) is 0. The Labute approximate surface area is 150 Å². The third-order valence-corrected chi connectivity index (χ3v) is 4.02. The molecule has 0 saturated carbocycles. The van der Waals surface area contributed by atoms with Crippen molar-refractivity contribution in [1.82, 2.24) is 10.6 Å². The zero-order valence-corrected chi connectivity index (χ0v) is 14.6. The molecule has 126 valence electrons. The Bertz CT molecular complexity index is 737. The van der Waals surface area contributed by atoms with E-state index in [0.29, 0.717) is 22.4 Å². The second-order valence-corrected chi connectivity index (χ2v) is 5.94. The summed E-state index contributed by atoms with van der Waals surface area (Å²) in [4.78, 5) is 11.9. The number of rotatable bonds is 5. The molecule has 0 fully saturated rings. The van der Waals surface area contributed by atoms with E-state index in [4.69, 9.17) is 23.8 Å². The normalized spacial score (nSPS) is 10.1. The number of nitrogens with one attached hydrogen (secondary N) is 3. The fourth-order valence-corrected chi connectivity index (χ4v) is 2.26. The van der Waals surface area contributed by atoms with Crippen molar-refractivity contribution in [3.8, 4) is 0 Å².